The van der Waals surface area contributed by atoms with Crippen LogP contribution < -0.4 is 25.4 Å². The number of aromatic nitrogens is 2. The van der Waals surface area contributed by atoms with Crippen LogP contribution in [-0.4, -0.2) is 93.4 Å². The van der Waals surface area contributed by atoms with Crippen LogP contribution in [0.2, 0.25) is 4.34 Å². The van der Waals surface area contributed by atoms with Gasteiger partial charge in [0.05, 0.1) is 24.9 Å². The molecule has 55 heavy (non-hydrogen) atoms. The van der Waals surface area contributed by atoms with Crippen LogP contribution in [0.3, 0.4) is 0 Å². The SMILES string of the molecule is C=C(C)C(NC(=O)O[C@@H]1C[C@@H]2C[C@@H]2C1)C(=O)N1C[C@H](Oc2cc(-c3nc(NC(C)C)sc3Cl)nc3cc(OC)ccc23)C[C@H]1C(=O)N[C@]1(C(=O)O)C[C@H]1CC. The Morgan fingerprint density at radius 3 is 2.49 bits per heavy atom. The Morgan fingerprint density at radius 2 is 1.85 bits per heavy atom. The number of alkyl carbamates (subject to hydrolysis) is 1. The highest BCUT2D eigenvalue weighted by molar-refractivity contribution is 7.20. The topological polar surface area (TPSA) is 181 Å². The molecule has 2 aromatic heterocycles. The highest BCUT2D eigenvalue weighted by Gasteiger charge is 2.61. The number of benzene rings is 1. The predicted molar refractivity (Wildman–Crippen MR) is 207 cm³/mol. The van der Waals surface area contributed by atoms with Gasteiger partial charge in [-0.3, -0.25) is 9.59 Å². The van der Waals surface area contributed by atoms with Crippen molar-refractivity contribution in [2.24, 2.45) is 17.8 Å². The summed E-state index contributed by atoms with van der Waals surface area (Å²) in [4.78, 5) is 64.8. The summed E-state index contributed by atoms with van der Waals surface area (Å²) in [7, 11) is 1.56. The second-order valence-electron chi connectivity index (χ2n) is 15.6. The molecule has 0 radical (unpaired) electrons. The molecule has 0 bridgehead atoms. The minimum absolute atomic E-state index is 0.0392. The van der Waals surface area contributed by atoms with Gasteiger partial charge in [0.1, 0.15) is 51.4 Å². The molecule has 3 aromatic rings. The van der Waals surface area contributed by atoms with Crippen molar-refractivity contribution < 1.29 is 38.5 Å². The number of fused-ring (bicyclic) bond motifs is 2. The maximum atomic E-state index is 14.4. The molecule has 8 atom stereocenters. The number of carboxylic acids is 1. The molecule has 3 saturated carbocycles. The molecular weight excluding hydrogens is 748 g/mol. The van der Waals surface area contributed by atoms with Gasteiger partial charge in [0.25, 0.3) is 0 Å². The Morgan fingerprint density at radius 1 is 1.11 bits per heavy atom. The molecule has 1 aromatic carbocycles. The number of nitrogens with zero attached hydrogens (tertiary/aromatic N) is 3. The number of nitrogens with one attached hydrogen (secondary N) is 3. The molecule has 3 heterocycles. The number of ether oxygens (including phenoxy) is 3. The van der Waals surface area contributed by atoms with Gasteiger partial charge in [-0.05, 0) is 81.9 Å². The number of carbonyl (C=O) groups excluding carboxylic acids is 3. The lowest BCUT2D eigenvalue weighted by atomic mass is 10.1. The van der Waals surface area contributed by atoms with E-state index in [0.717, 1.165) is 19.3 Å². The van der Waals surface area contributed by atoms with Crippen LogP contribution in [0.25, 0.3) is 22.3 Å². The van der Waals surface area contributed by atoms with Crippen molar-refractivity contribution in [1.82, 2.24) is 25.5 Å². The van der Waals surface area contributed by atoms with E-state index in [1.807, 2.05) is 26.8 Å². The molecule has 1 saturated heterocycles. The van der Waals surface area contributed by atoms with E-state index >= 15 is 0 Å². The minimum atomic E-state index is -1.41. The fourth-order valence-electron chi connectivity index (χ4n) is 8.06. The smallest absolute Gasteiger partial charge is 0.408 e. The van der Waals surface area contributed by atoms with Crippen LogP contribution in [0, 0.1) is 17.8 Å². The first-order chi connectivity index (χ1) is 26.2. The lowest BCUT2D eigenvalue weighted by Gasteiger charge is -2.29. The van der Waals surface area contributed by atoms with Gasteiger partial charge in [-0.1, -0.05) is 42.9 Å². The first kappa shape index (κ1) is 38.6. The second kappa shape index (κ2) is 15.1. The number of likely N-dealkylation sites (tertiary alicyclic amines) is 1. The minimum Gasteiger partial charge on any atom is -0.497 e. The van der Waals surface area contributed by atoms with Crippen molar-refractivity contribution in [1.29, 1.82) is 0 Å². The number of halogens is 1. The Hall–Kier alpha value is -4.63. The quantitative estimate of drug-likeness (QED) is 0.140. The van der Waals surface area contributed by atoms with Crippen LogP contribution in [0.5, 0.6) is 11.5 Å². The molecule has 3 amide bonds. The van der Waals surface area contributed by atoms with Crippen molar-refractivity contribution >= 4 is 62.8 Å². The summed E-state index contributed by atoms with van der Waals surface area (Å²) in [6.07, 6.45) is 2.02. The monoisotopic (exact) mass is 794 g/mol. The third-order valence-electron chi connectivity index (χ3n) is 11.2. The number of hydrogen-bond acceptors (Lipinski definition) is 11. The Labute approximate surface area is 328 Å². The molecule has 16 heteroatoms. The van der Waals surface area contributed by atoms with E-state index in [9.17, 15) is 24.3 Å². The van der Waals surface area contributed by atoms with Crippen LogP contribution >= 0.6 is 22.9 Å². The molecule has 4 aliphatic rings. The summed E-state index contributed by atoms with van der Waals surface area (Å²) >= 11 is 7.98. The third kappa shape index (κ3) is 7.91. The maximum absolute atomic E-state index is 14.4. The number of methoxy groups -OCH3 is 1. The fraction of sp³-hybridized carbons (Fsp3) is 0.538. The molecule has 294 valence electrons. The van der Waals surface area contributed by atoms with Gasteiger partial charge in [0.15, 0.2) is 5.13 Å². The molecule has 1 unspecified atom stereocenters. The van der Waals surface area contributed by atoms with Gasteiger partial charge in [0, 0.05) is 30.0 Å². The number of carboxylic acid groups (broad SMARTS) is 1. The number of thiazole rings is 1. The number of rotatable bonds is 14. The molecule has 1 aliphatic heterocycles. The van der Waals surface area contributed by atoms with Crippen LogP contribution in [0.1, 0.15) is 66.2 Å². The van der Waals surface area contributed by atoms with E-state index in [2.05, 4.69) is 22.5 Å². The molecule has 4 N–H and O–H groups in total. The van der Waals surface area contributed by atoms with E-state index in [-0.39, 0.29) is 31.0 Å². The normalized spacial score (nSPS) is 26.9. The maximum Gasteiger partial charge on any atom is 0.408 e. The Kier molecular flexibility index (Phi) is 10.6. The average Bonchev–Trinajstić information content (AvgIpc) is 3.86. The number of anilines is 1. The summed E-state index contributed by atoms with van der Waals surface area (Å²) in [6, 6.07) is 4.90. The molecule has 0 spiro atoms. The van der Waals surface area contributed by atoms with Gasteiger partial charge in [-0.2, -0.15) is 0 Å². The Balaban J connectivity index is 1.18. The van der Waals surface area contributed by atoms with Crippen molar-refractivity contribution in [2.45, 2.75) is 102 Å². The summed E-state index contributed by atoms with van der Waals surface area (Å²) in [6.45, 7) is 11.4. The highest BCUT2D eigenvalue weighted by atomic mass is 35.5. The van der Waals surface area contributed by atoms with Crippen LogP contribution in [-0.2, 0) is 19.1 Å². The largest absolute Gasteiger partial charge is 0.497 e. The first-order valence-corrected chi connectivity index (χ1v) is 20.0. The van der Waals surface area contributed by atoms with Crippen molar-refractivity contribution in [2.75, 3.05) is 19.0 Å². The summed E-state index contributed by atoms with van der Waals surface area (Å²) in [5.74, 6) is -0.381. The number of hydrogen-bond donors (Lipinski definition) is 4. The standard InChI is InChI=1S/C39H47ClN6O8S/c1-7-22-16-39(22,36(49)50)45-34(47)29-14-25(17-46(29)35(48)31(18(2)3)44-38(51)54-24-11-20-10-21(20)12-24)53-30-15-28(32-33(40)55-37(43-32)41-19(4)5)42-27-13-23(52-6)8-9-26(27)30/h8-9,13,15,19-22,24-25,29,31H,2,7,10-12,14,16-17H2,1,3-6H3,(H,41,43)(H,44,51)(H,45,47)(H,49,50)/t20-,21+,22-,24+,25-,29+,31?,39-/m1/s1. The van der Waals surface area contributed by atoms with Gasteiger partial charge in [0.2, 0.25) is 11.8 Å². The number of pyridine rings is 1. The van der Waals surface area contributed by atoms with E-state index in [0.29, 0.717) is 73.5 Å². The third-order valence-corrected chi connectivity index (χ3v) is 12.3. The zero-order valence-corrected chi connectivity index (χ0v) is 33.1. The summed E-state index contributed by atoms with van der Waals surface area (Å²) < 4.78 is 18.2. The number of aliphatic carboxylic acids is 1. The lowest BCUT2D eigenvalue weighted by molar-refractivity contribution is -0.145. The molecule has 7 rings (SSSR count). The van der Waals surface area contributed by atoms with Crippen LogP contribution in [0.4, 0.5) is 9.93 Å². The number of carbonyl (C=O) groups is 4. The van der Waals surface area contributed by atoms with Gasteiger partial charge in [-0.15, -0.1) is 0 Å². The molecular formula is C39H47ClN6O8S. The predicted octanol–water partition coefficient (Wildman–Crippen LogP) is 6.03. The molecule has 3 aliphatic carbocycles. The number of amides is 3. The molecule has 14 nitrogen and oxygen atoms in total. The highest BCUT2D eigenvalue weighted by Crippen LogP contribution is 2.52. The lowest BCUT2D eigenvalue weighted by Crippen LogP contribution is -2.56. The van der Waals surface area contributed by atoms with Crippen LogP contribution in [0.15, 0.2) is 36.4 Å². The van der Waals surface area contributed by atoms with Gasteiger partial charge < -0.3 is 40.2 Å². The second-order valence-corrected chi connectivity index (χ2v) is 17.2. The summed E-state index contributed by atoms with van der Waals surface area (Å²) in [5.41, 5.74) is 0.377. The van der Waals surface area contributed by atoms with Gasteiger partial charge in [-0.25, -0.2) is 19.6 Å². The van der Waals surface area contributed by atoms with Crippen molar-refractivity contribution in [3.05, 3.63) is 40.8 Å². The van der Waals surface area contributed by atoms with Gasteiger partial charge >= 0.3 is 12.1 Å². The van der Waals surface area contributed by atoms with E-state index < -0.39 is 47.6 Å². The average molecular weight is 795 g/mol. The van der Waals surface area contributed by atoms with E-state index in [1.54, 1.807) is 32.2 Å². The summed E-state index contributed by atoms with van der Waals surface area (Å²) in [5, 5.41) is 20.1. The molecule has 4 fully saturated rings. The van der Waals surface area contributed by atoms with E-state index in [1.165, 1.54) is 16.2 Å². The first-order valence-electron chi connectivity index (χ1n) is 18.8. The van der Waals surface area contributed by atoms with Crippen molar-refractivity contribution in [3.63, 3.8) is 0 Å². The Bertz CT molecular complexity index is 2030. The zero-order valence-electron chi connectivity index (χ0n) is 31.5. The fourth-order valence-corrected chi connectivity index (χ4v) is 9.27. The van der Waals surface area contributed by atoms with Crippen molar-refractivity contribution in [3.8, 4) is 22.9 Å². The zero-order chi connectivity index (χ0) is 39.3. The van der Waals surface area contributed by atoms with E-state index in [4.69, 9.17) is 35.8 Å².